The number of hydrogen-bond donors (Lipinski definition) is 2. The molecule has 6 heteroatoms. The molecule has 0 bridgehead atoms. The predicted molar refractivity (Wildman–Crippen MR) is 104 cm³/mol. The van der Waals surface area contributed by atoms with E-state index >= 15 is 0 Å². The lowest BCUT2D eigenvalue weighted by Crippen LogP contribution is -2.13. The van der Waals surface area contributed by atoms with Gasteiger partial charge < -0.3 is 20.1 Å². The average Bonchev–Trinajstić information content (AvgIpc) is 2.67. The van der Waals surface area contributed by atoms with Crippen LogP contribution in [-0.4, -0.2) is 31.7 Å². The molecule has 0 radical (unpaired) electrons. The Hall–Kier alpha value is -2.76. The van der Waals surface area contributed by atoms with Gasteiger partial charge in [-0.3, -0.25) is 4.79 Å². The molecule has 0 saturated heterocycles. The SMILES string of the molecule is CCCCNc1ccc(NC(=O)CCc2ccc(OC)c(OC)c2)nc1. The number of carbonyl (C=O) groups excluding carboxylic acids is 1. The van der Waals surface area contributed by atoms with E-state index in [0.717, 1.165) is 30.6 Å². The van der Waals surface area contributed by atoms with Crippen LogP contribution in [0.5, 0.6) is 11.5 Å². The fourth-order valence-electron chi connectivity index (χ4n) is 2.48. The molecule has 0 fully saturated rings. The quantitative estimate of drug-likeness (QED) is 0.631. The fourth-order valence-corrected chi connectivity index (χ4v) is 2.48. The van der Waals surface area contributed by atoms with Crippen molar-refractivity contribution in [3.05, 3.63) is 42.1 Å². The van der Waals surface area contributed by atoms with E-state index in [-0.39, 0.29) is 5.91 Å². The van der Waals surface area contributed by atoms with Crippen LogP contribution in [-0.2, 0) is 11.2 Å². The van der Waals surface area contributed by atoms with Gasteiger partial charge in [-0.2, -0.15) is 0 Å². The van der Waals surface area contributed by atoms with E-state index < -0.39 is 0 Å². The number of pyridine rings is 1. The fraction of sp³-hybridized carbons (Fsp3) is 0.400. The zero-order chi connectivity index (χ0) is 18.8. The molecule has 0 unspecified atom stereocenters. The van der Waals surface area contributed by atoms with Crippen LogP contribution in [0.1, 0.15) is 31.7 Å². The first kappa shape index (κ1) is 19.6. The predicted octanol–water partition coefficient (Wildman–Crippen LogP) is 3.88. The van der Waals surface area contributed by atoms with Gasteiger partial charge in [0.1, 0.15) is 5.82 Å². The molecule has 2 rings (SSSR count). The molecule has 0 spiro atoms. The molecule has 0 aliphatic carbocycles. The Kier molecular flexibility index (Phi) is 7.74. The van der Waals surface area contributed by atoms with Crippen molar-refractivity contribution in [3.8, 4) is 11.5 Å². The molecule has 1 heterocycles. The lowest BCUT2D eigenvalue weighted by Gasteiger charge is -2.10. The van der Waals surface area contributed by atoms with E-state index in [0.29, 0.717) is 30.2 Å². The third-order valence-corrected chi connectivity index (χ3v) is 3.98. The van der Waals surface area contributed by atoms with Crippen LogP contribution < -0.4 is 20.1 Å². The van der Waals surface area contributed by atoms with Gasteiger partial charge in [0.25, 0.3) is 0 Å². The van der Waals surface area contributed by atoms with E-state index in [1.807, 2.05) is 30.3 Å². The highest BCUT2D eigenvalue weighted by molar-refractivity contribution is 5.89. The molecule has 2 N–H and O–H groups in total. The normalized spacial score (nSPS) is 10.3. The molecule has 0 aliphatic heterocycles. The van der Waals surface area contributed by atoms with Crippen molar-refractivity contribution < 1.29 is 14.3 Å². The summed E-state index contributed by atoms with van der Waals surface area (Å²) in [6.07, 6.45) is 4.99. The molecule has 140 valence electrons. The van der Waals surface area contributed by atoms with Crippen LogP contribution >= 0.6 is 0 Å². The van der Waals surface area contributed by atoms with Gasteiger partial charge in [0.2, 0.25) is 5.91 Å². The summed E-state index contributed by atoms with van der Waals surface area (Å²) in [6.45, 7) is 3.08. The van der Waals surface area contributed by atoms with Crippen molar-refractivity contribution >= 4 is 17.4 Å². The highest BCUT2D eigenvalue weighted by atomic mass is 16.5. The van der Waals surface area contributed by atoms with E-state index in [1.54, 1.807) is 20.4 Å². The van der Waals surface area contributed by atoms with E-state index in [2.05, 4.69) is 22.5 Å². The second-order valence-electron chi connectivity index (χ2n) is 5.95. The van der Waals surface area contributed by atoms with Gasteiger partial charge in [0.15, 0.2) is 11.5 Å². The zero-order valence-corrected chi connectivity index (χ0v) is 15.7. The monoisotopic (exact) mass is 357 g/mol. The summed E-state index contributed by atoms with van der Waals surface area (Å²) in [4.78, 5) is 16.4. The van der Waals surface area contributed by atoms with Gasteiger partial charge in [-0.25, -0.2) is 4.98 Å². The molecule has 0 aliphatic rings. The first-order valence-electron chi connectivity index (χ1n) is 8.87. The molecule has 1 aromatic heterocycles. The maximum Gasteiger partial charge on any atom is 0.225 e. The van der Waals surface area contributed by atoms with Crippen LogP contribution in [0.4, 0.5) is 11.5 Å². The van der Waals surface area contributed by atoms with Gasteiger partial charge in [0.05, 0.1) is 26.1 Å². The summed E-state index contributed by atoms with van der Waals surface area (Å²) in [5, 5.41) is 6.12. The number of rotatable bonds is 10. The van der Waals surface area contributed by atoms with Crippen LogP contribution in [0.3, 0.4) is 0 Å². The molecular weight excluding hydrogens is 330 g/mol. The average molecular weight is 357 g/mol. The van der Waals surface area contributed by atoms with Gasteiger partial charge in [0, 0.05) is 13.0 Å². The maximum atomic E-state index is 12.1. The molecular formula is C20H27N3O3. The summed E-state index contributed by atoms with van der Waals surface area (Å²) in [7, 11) is 3.20. The standard InChI is InChI=1S/C20H27N3O3/c1-4-5-12-21-16-8-10-19(22-14-16)23-20(24)11-7-15-6-9-17(25-2)18(13-15)26-3/h6,8-10,13-14,21H,4-5,7,11-12H2,1-3H3,(H,22,23,24). The van der Waals surface area contributed by atoms with Gasteiger partial charge in [-0.15, -0.1) is 0 Å². The van der Waals surface area contributed by atoms with Crippen LogP contribution in [0.2, 0.25) is 0 Å². The largest absolute Gasteiger partial charge is 0.493 e. The Morgan fingerprint density at radius 2 is 1.92 bits per heavy atom. The number of aromatic nitrogens is 1. The van der Waals surface area contributed by atoms with E-state index in [4.69, 9.17) is 9.47 Å². The van der Waals surface area contributed by atoms with Crippen molar-refractivity contribution in [2.24, 2.45) is 0 Å². The minimum Gasteiger partial charge on any atom is -0.493 e. The second kappa shape index (κ2) is 10.3. The molecule has 1 amide bonds. The molecule has 2 aromatic rings. The van der Waals surface area contributed by atoms with Crippen molar-refractivity contribution in [2.75, 3.05) is 31.4 Å². The second-order valence-corrected chi connectivity index (χ2v) is 5.95. The number of carbonyl (C=O) groups is 1. The zero-order valence-electron chi connectivity index (χ0n) is 15.7. The highest BCUT2D eigenvalue weighted by Crippen LogP contribution is 2.28. The summed E-state index contributed by atoms with van der Waals surface area (Å²) in [5.74, 6) is 1.83. The Morgan fingerprint density at radius 3 is 2.58 bits per heavy atom. The lowest BCUT2D eigenvalue weighted by molar-refractivity contribution is -0.116. The van der Waals surface area contributed by atoms with Crippen molar-refractivity contribution in [1.29, 1.82) is 0 Å². The highest BCUT2D eigenvalue weighted by Gasteiger charge is 2.08. The van der Waals surface area contributed by atoms with Crippen molar-refractivity contribution in [1.82, 2.24) is 4.98 Å². The summed E-state index contributed by atoms with van der Waals surface area (Å²) in [5.41, 5.74) is 1.98. The van der Waals surface area contributed by atoms with Crippen LogP contribution in [0.25, 0.3) is 0 Å². The number of unbranched alkanes of at least 4 members (excludes halogenated alkanes) is 1. The molecule has 0 atom stereocenters. The Labute approximate surface area is 154 Å². The number of amides is 1. The number of hydrogen-bond acceptors (Lipinski definition) is 5. The summed E-state index contributed by atoms with van der Waals surface area (Å²) >= 11 is 0. The number of anilines is 2. The van der Waals surface area contributed by atoms with Gasteiger partial charge in [-0.05, 0) is 42.7 Å². The summed E-state index contributed by atoms with van der Waals surface area (Å²) < 4.78 is 10.5. The van der Waals surface area contributed by atoms with Crippen molar-refractivity contribution in [2.45, 2.75) is 32.6 Å². The molecule has 0 saturated carbocycles. The van der Waals surface area contributed by atoms with Gasteiger partial charge in [-0.1, -0.05) is 19.4 Å². The lowest BCUT2D eigenvalue weighted by atomic mass is 10.1. The number of nitrogens with one attached hydrogen (secondary N) is 2. The number of nitrogens with zero attached hydrogens (tertiary/aromatic N) is 1. The molecule has 1 aromatic carbocycles. The maximum absolute atomic E-state index is 12.1. The van der Waals surface area contributed by atoms with E-state index in [9.17, 15) is 4.79 Å². The minimum absolute atomic E-state index is 0.0704. The van der Waals surface area contributed by atoms with Crippen molar-refractivity contribution in [3.63, 3.8) is 0 Å². The number of benzene rings is 1. The first-order valence-corrected chi connectivity index (χ1v) is 8.87. The first-order chi connectivity index (χ1) is 12.7. The summed E-state index contributed by atoms with van der Waals surface area (Å²) in [6, 6.07) is 9.40. The van der Waals surface area contributed by atoms with Crippen LogP contribution in [0.15, 0.2) is 36.5 Å². The van der Waals surface area contributed by atoms with Gasteiger partial charge >= 0.3 is 0 Å². The number of ether oxygens (including phenoxy) is 2. The topological polar surface area (TPSA) is 72.5 Å². The minimum atomic E-state index is -0.0704. The Balaban J connectivity index is 1.83. The van der Waals surface area contributed by atoms with E-state index in [1.165, 1.54) is 0 Å². The smallest absolute Gasteiger partial charge is 0.225 e. The Bertz CT molecular complexity index is 702. The molecule has 26 heavy (non-hydrogen) atoms. The molecule has 6 nitrogen and oxygen atoms in total. The third-order valence-electron chi connectivity index (χ3n) is 3.98. The Morgan fingerprint density at radius 1 is 1.12 bits per heavy atom. The number of aryl methyl sites for hydroxylation is 1. The number of methoxy groups -OCH3 is 2. The van der Waals surface area contributed by atoms with Crippen LogP contribution in [0, 0.1) is 0 Å². The third kappa shape index (κ3) is 5.95.